The van der Waals surface area contributed by atoms with E-state index in [0.29, 0.717) is 19.8 Å². The lowest BCUT2D eigenvalue weighted by Crippen LogP contribution is -2.68. The average molecular weight is 291 g/mol. The zero-order valence-electron chi connectivity index (χ0n) is 12.2. The number of nitrogens with zero attached hydrogens (tertiary/aromatic N) is 1. The maximum absolute atomic E-state index is 11.4. The van der Waals surface area contributed by atoms with Gasteiger partial charge in [0.05, 0.1) is 37.5 Å². The van der Waals surface area contributed by atoms with Gasteiger partial charge in [0.2, 0.25) is 0 Å². The molecule has 2 aliphatic rings. The van der Waals surface area contributed by atoms with Gasteiger partial charge in [-0.1, -0.05) is 30.3 Å². The Bertz CT molecular complexity index is 498. The van der Waals surface area contributed by atoms with Crippen molar-refractivity contribution in [3.05, 3.63) is 35.9 Å². The van der Waals surface area contributed by atoms with E-state index in [1.54, 1.807) is 4.90 Å². The topological polar surface area (TPSA) is 59.0 Å². The Balaban J connectivity index is 1.55. The molecule has 0 radical (unpaired) electrons. The minimum Gasteiger partial charge on any atom is -0.465 e. The van der Waals surface area contributed by atoms with Crippen LogP contribution in [0.2, 0.25) is 0 Å². The SMILES string of the molecule is CC1CN(C(=O)O)[C@]2(CO1)C[C@H](OCc1ccccc1)C2. The van der Waals surface area contributed by atoms with Crippen LogP contribution in [0.4, 0.5) is 4.79 Å². The Hall–Kier alpha value is -1.59. The first-order valence-electron chi connectivity index (χ1n) is 7.37. The van der Waals surface area contributed by atoms with Crippen LogP contribution in [0.5, 0.6) is 0 Å². The maximum Gasteiger partial charge on any atom is 0.407 e. The highest BCUT2D eigenvalue weighted by Crippen LogP contribution is 2.42. The van der Waals surface area contributed by atoms with Crippen LogP contribution in [-0.4, -0.2) is 47.0 Å². The van der Waals surface area contributed by atoms with Gasteiger partial charge in [0, 0.05) is 0 Å². The Morgan fingerprint density at radius 2 is 2.14 bits per heavy atom. The smallest absolute Gasteiger partial charge is 0.407 e. The first-order valence-corrected chi connectivity index (χ1v) is 7.37. The third kappa shape index (κ3) is 2.89. The molecule has 1 aliphatic carbocycles. The summed E-state index contributed by atoms with van der Waals surface area (Å²) in [6, 6.07) is 10.0. The van der Waals surface area contributed by atoms with Crippen molar-refractivity contribution in [3.63, 3.8) is 0 Å². The predicted molar refractivity (Wildman–Crippen MR) is 77.1 cm³/mol. The number of ether oxygens (including phenoxy) is 2. The Morgan fingerprint density at radius 1 is 1.43 bits per heavy atom. The average Bonchev–Trinajstić information content (AvgIpc) is 2.45. The van der Waals surface area contributed by atoms with Gasteiger partial charge in [0.15, 0.2) is 0 Å². The summed E-state index contributed by atoms with van der Waals surface area (Å²) in [6.07, 6.45) is 0.671. The molecule has 1 heterocycles. The summed E-state index contributed by atoms with van der Waals surface area (Å²) in [4.78, 5) is 13.0. The zero-order chi connectivity index (χ0) is 14.9. The van der Waals surface area contributed by atoms with Gasteiger partial charge in [0.1, 0.15) is 0 Å². The Kier molecular flexibility index (Phi) is 3.87. The van der Waals surface area contributed by atoms with Gasteiger partial charge in [-0.2, -0.15) is 0 Å². The zero-order valence-corrected chi connectivity index (χ0v) is 12.2. The lowest BCUT2D eigenvalue weighted by atomic mass is 9.72. The van der Waals surface area contributed by atoms with E-state index >= 15 is 0 Å². The summed E-state index contributed by atoms with van der Waals surface area (Å²) in [6.45, 7) is 3.41. The molecule has 1 saturated carbocycles. The molecule has 1 aromatic rings. The number of carbonyl (C=O) groups is 1. The molecule has 1 aromatic carbocycles. The highest BCUT2D eigenvalue weighted by molar-refractivity contribution is 5.66. The molecule has 5 nitrogen and oxygen atoms in total. The second-order valence-corrected chi connectivity index (χ2v) is 6.07. The molecule has 1 amide bonds. The predicted octanol–water partition coefficient (Wildman–Crippen LogP) is 2.50. The molecule has 5 heteroatoms. The molecule has 1 saturated heterocycles. The molecule has 0 bridgehead atoms. The van der Waals surface area contributed by atoms with Gasteiger partial charge < -0.3 is 14.6 Å². The molecule has 1 N–H and O–H groups in total. The molecular weight excluding hydrogens is 270 g/mol. The first kappa shape index (κ1) is 14.4. The summed E-state index contributed by atoms with van der Waals surface area (Å²) in [5, 5.41) is 9.38. The fourth-order valence-electron chi connectivity index (χ4n) is 3.19. The van der Waals surface area contributed by atoms with Gasteiger partial charge in [0.25, 0.3) is 0 Å². The summed E-state index contributed by atoms with van der Waals surface area (Å²) < 4.78 is 11.5. The maximum atomic E-state index is 11.4. The fraction of sp³-hybridized carbons (Fsp3) is 0.562. The lowest BCUT2D eigenvalue weighted by Gasteiger charge is -2.55. The largest absolute Gasteiger partial charge is 0.465 e. The first-order chi connectivity index (χ1) is 10.1. The van der Waals surface area contributed by atoms with Gasteiger partial charge in [-0.05, 0) is 25.3 Å². The van der Waals surface area contributed by atoms with Gasteiger partial charge in [-0.15, -0.1) is 0 Å². The number of carboxylic acid groups (broad SMARTS) is 1. The molecule has 114 valence electrons. The fourth-order valence-corrected chi connectivity index (χ4v) is 3.19. The monoisotopic (exact) mass is 291 g/mol. The number of rotatable bonds is 3. The van der Waals surface area contributed by atoms with Gasteiger partial charge in [-0.25, -0.2) is 4.79 Å². The number of amides is 1. The van der Waals surface area contributed by atoms with E-state index in [9.17, 15) is 9.90 Å². The van der Waals surface area contributed by atoms with Crippen molar-refractivity contribution in [1.82, 2.24) is 4.90 Å². The summed E-state index contributed by atoms with van der Waals surface area (Å²) in [5.74, 6) is 0. The molecule has 1 aliphatic heterocycles. The van der Waals surface area contributed by atoms with Crippen molar-refractivity contribution < 1.29 is 19.4 Å². The van der Waals surface area contributed by atoms with Gasteiger partial charge >= 0.3 is 6.09 Å². The molecular formula is C16H21NO4. The van der Waals surface area contributed by atoms with Crippen LogP contribution in [0.25, 0.3) is 0 Å². The minimum absolute atomic E-state index is 0.0315. The van der Waals surface area contributed by atoms with Crippen LogP contribution in [-0.2, 0) is 16.1 Å². The lowest BCUT2D eigenvalue weighted by molar-refractivity contribution is -0.173. The molecule has 21 heavy (non-hydrogen) atoms. The van der Waals surface area contributed by atoms with Crippen LogP contribution in [0.1, 0.15) is 25.3 Å². The van der Waals surface area contributed by atoms with E-state index in [1.807, 2.05) is 37.3 Å². The molecule has 1 spiro atoms. The summed E-state index contributed by atoms with van der Waals surface area (Å²) in [7, 11) is 0. The highest BCUT2D eigenvalue weighted by atomic mass is 16.5. The third-order valence-electron chi connectivity index (χ3n) is 4.42. The minimum atomic E-state index is -0.855. The quantitative estimate of drug-likeness (QED) is 0.929. The molecule has 1 atom stereocenters. The number of hydrogen-bond acceptors (Lipinski definition) is 3. The molecule has 3 rings (SSSR count). The normalized spacial score (nSPS) is 32.0. The van der Waals surface area contributed by atoms with Crippen LogP contribution >= 0.6 is 0 Å². The van der Waals surface area contributed by atoms with Crippen molar-refractivity contribution >= 4 is 6.09 Å². The van der Waals surface area contributed by atoms with Crippen molar-refractivity contribution in [2.24, 2.45) is 0 Å². The standard InChI is InChI=1S/C16H21NO4/c1-12-9-17(15(18)19)16(11-21-12)7-14(8-16)20-10-13-5-3-2-4-6-13/h2-6,12,14H,7-11H2,1H3,(H,18,19)/t12?,14-,16+. The highest BCUT2D eigenvalue weighted by Gasteiger charge is 2.53. The number of hydrogen-bond donors (Lipinski definition) is 1. The van der Waals surface area contributed by atoms with E-state index in [-0.39, 0.29) is 17.7 Å². The van der Waals surface area contributed by atoms with Crippen LogP contribution in [0.3, 0.4) is 0 Å². The van der Waals surface area contributed by atoms with Crippen LogP contribution < -0.4 is 0 Å². The van der Waals surface area contributed by atoms with Gasteiger partial charge in [-0.3, -0.25) is 4.90 Å². The third-order valence-corrected chi connectivity index (χ3v) is 4.42. The van der Waals surface area contributed by atoms with E-state index in [2.05, 4.69) is 0 Å². The summed E-state index contributed by atoms with van der Waals surface area (Å²) in [5.41, 5.74) is 0.765. The van der Waals surface area contributed by atoms with Crippen molar-refractivity contribution in [2.45, 2.75) is 44.1 Å². The molecule has 2 fully saturated rings. The molecule has 0 aromatic heterocycles. The number of morpholine rings is 1. The second kappa shape index (κ2) is 5.66. The van der Waals surface area contributed by atoms with E-state index in [4.69, 9.17) is 9.47 Å². The Labute approximate surface area is 124 Å². The van der Waals surface area contributed by atoms with Crippen molar-refractivity contribution in [3.8, 4) is 0 Å². The van der Waals surface area contributed by atoms with E-state index < -0.39 is 6.09 Å². The summed E-state index contributed by atoms with van der Waals surface area (Å²) >= 11 is 0. The Morgan fingerprint density at radius 3 is 2.81 bits per heavy atom. The van der Waals surface area contributed by atoms with E-state index in [1.165, 1.54) is 0 Å². The van der Waals surface area contributed by atoms with Crippen molar-refractivity contribution in [1.29, 1.82) is 0 Å². The van der Waals surface area contributed by atoms with Crippen LogP contribution in [0, 0.1) is 0 Å². The van der Waals surface area contributed by atoms with E-state index in [0.717, 1.165) is 18.4 Å². The number of benzene rings is 1. The molecule has 1 unspecified atom stereocenters. The second-order valence-electron chi connectivity index (χ2n) is 6.07. The van der Waals surface area contributed by atoms with Crippen LogP contribution in [0.15, 0.2) is 30.3 Å². The van der Waals surface area contributed by atoms with Crippen molar-refractivity contribution in [2.75, 3.05) is 13.2 Å².